The third-order valence-electron chi connectivity index (χ3n) is 3.42. The van der Waals surface area contributed by atoms with Crippen molar-refractivity contribution in [3.63, 3.8) is 0 Å². The van der Waals surface area contributed by atoms with Crippen LogP contribution in [0.25, 0.3) is 0 Å². The van der Waals surface area contributed by atoms with E-state index in [-0.39, 0.29) is 5.92 Å². The number of nitrogens with two attached hydrogens (primary N) is 1. The molecule has 6 heteroatoms. The average molecular weight is 283 g/mol. The van der Waals surface area contributed by atoms with Crippen LogP contribution in [0.1, 0.15) is 18.4 Å². The van der Waals surface area contributed by atoms with E-state index in [9.17, 15) is 8.42 Å². The molecular weight excluding hydrogens is 262 g/mol. The topological polar surface area (TPSA) is 75.4 Å². The van der Waals surface area contributed by atoms with E-state index in [1.54, 1.807) is 6.07 Å². The summed E-state index contributed by atoms with van der Waals surface area (Å²) in [7, 11) is -3.47. The summed E-state index contributed by atoms with van der Waals surface area (Å²) in [5.74, 6) is 0.267. The van der Waals surface area contributed by atoms with Crippen molar-refractivity contribution < 1.29 is 8.42 Å². The zero-order valence-corrected chi connectivity index (χ0v) is 12.0. The Bertz CT molecular complexity index is 530. The Hall–Kier alpha value is -1.11. The molecule has 1 unspecified atom stereocenters. The number of nitrogens with one attached hydrogen (secondary N) is 1. The van der Waals surface area contributed by atoms with Gasteiger partial charge < -0.3 is 5.73 Å². The monoisotopic (exact) mass is 283 g/mol. The fraction of sp³-hybridized carbons (Fsp3) is 0.538. The number of benzene rings is 1. The first-order valence-electron chi connectivity index (χ1n) is 6.56. The summed E-state index contributed by atoms with van der Waals surface area (Å²) in [6.07, 6.45) is 1.88. The van der Waals surface area contributed by atoms with Crippen LogP contribution in [0.3, 0.4) is 0 Å². The fourth-order valence-corrected chi connectivity index (χ4v) is 3.69. The third kappa shape index (κ3) is 3.68. The minimum Gasteiger partial charge on any atom is -0.330 e. The van der Waals surface area contributed by atoms with E-state index < -0.39 is 10.2 Å². The van der Waals surface area contributed by atoms with Gasteiger partial charge in [-0.15, -0.1) is 0 Å². The first-order valence-corrected chi connectivity index (χ1v) is 8.00. The Morgan fingerprint density at radius 1 is 1.47 bits per heavy atom. The summed E-state index contributed by atoms with van der Waals surface area (Å²) >= 11 is 0. The number of hydrogen-bond acceptors (Lipinski definition) is 3. The fourth-order valence-electron chi connectivity index (χ4n) is 2.36. The van der Waals surface area contributed by atoms with Crippen molar-refractivity contribution in [3.8, 4) is 0 Å². The molecule has 19 heavy (non-hydrogen) atoms. The molecule has 1 atom stereocenters. The second kappa shape index (κ2) is 5.90. The van der Waals surface area contributed by atoms with Crippen molar-refractivity contribution in [2.45, 2.75) is 19.8 Å². The Morgan fingerprint density at radius 2 is 2.26 bits per heavy atom. The number of nitrogens with zero attached hydrogens (tertiary/aromatic N) is 1. The highest BCUT2D eigenvalue weighted by Crippen LogP contribution is 2.20. The van der Waals surface area contributed by atoms with Gasteiger partial charge in [0.25, 0.3) is 0 Å². The third-order valence-corrected chi connectivity index (χ3v) is 4.93. The predicted octanol–water partition coefficient (Wildman–Crippen LogP) is 1.32. The molecule has 1 heterocycles. The highest BCUT2D eigenvalue weighted by Gasteiger charge is 2.28. The zero-order valence-electron chi connectivity index (χ0n) is 11.2. The van der Waals surface area contributed by atoms with Crippen LogP contribution >= 0.6 is 0 Å². The summed E-state index contributed by atoms with van der Waals surface area (Å²) in [6, 6.07) is 7.35. The van der Waals surface area contributed by atoms with Gasteiger partial charge in [-0.05, 0) is 49.9 Å². The summed E-state index contributed by atoms with van der Waals surface area (Å²) in [4.78, 5) is 0. The maximum atomic E-state index is 12.3. The van der Waals surface area contributed by atoms with Crippen LogP contribution < -0.4 is 10.5 Å². The summed E-state index contributed by atoms with van der Waals surface area (Å²) in [5, 5.41) is 0. The Balaban J connectivity index is 2.09. The highest BCUT2D eigenvalue weighted by atomic mass is 32.2. The summed E-state index contributed by atoms with van der Waals surface area (Å²) in [5.41, 5.74) is 7.27. The van der Waals surface area contributed by atoms with Gasteiger partial charge in [0, 0.05) is 13.1 Å². The second-order valence-corrected chi connectivity index (χ2v) is 6.75. The quantitative estimate of drug-likeness (QED) is 0.875. The maximum absolute atomic E-state index is 12.3. The second-order valence-electron chi connectivity index (χ2n) is 5.08. The van der Waals surface area contributed by atoms with Gasteiger partial charge in [-0.1, -0.05) is 12.1 Å². The smallest absolute Gasteiger partial charge is 0.301 e. The van der Waals surface area contributed by atoms with Gasteiger partial charge in [0.05, 0.1) is 5.69 Å². The van der Waals surface area contributed by atoms with Crippen molar-refractivity contribution in [3.05, 3.63) is 29.8 Å². The van der Waals surface area contributed by atoms with Crippen molar-refractivity contribution in [1.29, 1.82) is 0 Å². The first-order chi connectivity index (χ1) is 9.01. The molecule has 1 aliphatic rings. The normalized spacial score (nSPS) is 21.3. The number of anilines is 1. The Labute approximate surface area is 115 Å². The number of hydrogen-bond donors (Lipinski definition) is 2. The first kappa shape index (κ1) is 14.3. The van der Waals surface area contributed by atoms with E-state index in [1.165, 1.54) is 4.31 Å². The number of piperidine rings is 1. The van der Waals surface area contributed by atoms with E-state index in [1.807, 2.05) is 25.1 Å². The highest BCUT2D eigenvalue weighted by molar-refractivity contribution is 7.90. The molecule has 1 fully saturated rings. The van der Waals surface area contributed by atoms with Crippen LogP contribution in [0, 0.1) is 12.8 Å². The zero-order chi connectivity index (χ0) is 13.9. The van der Waals surface area contributed by atoms with Crippen LogP contribution in [0.2, 0.25) is 0 Å². The van der Waals surface area contributed by atoms with E-state index >= 15 is 0 Å². The molecule has 0 saturated carbocycles. The number of aryl methyl sites for hydroxylation is 1. The minimum atomic E-state index is -3.47. The molecule has 1 saturated heterocycles. The van der Waals surface area contributed by atoms with Crippen LogP contribution in [-0.4, -0.2) is 32.4 Å². The van der Waals surface area contributed by atoms with Crippen LogP contribution in [0.5, 0.6) is 0 Å². The van der Waals surface area contributed by atoms with Crippen LogP contribution in [-0.2, 0) is 10.2 Å². The number of rotatable bonds is 4. The lowest BCUT2D eigenvalue weighted by molar-refractivity contribution is 0.273. The van der Waals surface area contributed by atoms with Crippen LogP contribution in [0.15, 0.2) is 24.3 Å². The molecule has 2 rings (SSSR count). The molecule has 1 aliphatic heterocycles. The molecule has 3 N–H and O–H groups in total. The van der Waals surface area contributed by atoms with Gasteiger partial charge >= 0.3 is 10.2 Å². The predicted molar refractivity (Wildman–Crippen MR) is 77.1 cm³/mol. The molecule has 5 nitrogen and oxygen atoms in total. The Morgan fingerprint density at radius 3 is 2.95 bits per heavy atom. The molecule has 0 aromatic heterocycles. The lowest BCUT2D eigenvalue weighted by Gasteiger charge is -2.31. The molecule has 1 aromatic carbocycles. The molecule has 0 radical (unpaired) electrons. The molecular formula is C13H21N3O2S. The SMILES string of the molecule is Cc1cccc(NS(=O)(=O)N2CCCC(CN)C2)c1. The van der Waals surface area contributed by atoms with E-state index in [0.717, 1.165) is 18.4 Å². The molecule has 0 bridgehead atoms. The standard InChI is InChI=1S/C13H21N3O2S/c1-11-4-2-6-13(8-11)15-19(17,18)16-7-3-5-12(9-14)10-16/h2,4,6,8,12,15H,3,5,7,9-10,14H2,1H3. The molecule has 0 amide bonds. The van der Waals surface area contributed by atoms with Gasteiger partial charge in [-0.2, -0.15) is 12.7 Å². The van der Waals surface area contributed by atoms with E-state index in [0.29, 0.717) is 25.3 Å². The summed E-state index contributed by atoms with van der Waals surface area (Å²) in [6.45, 7) is 3.55. The molecule has 0 aliphatic carbocycles. The minimum absolute atomic E-state index is 0.267. The maximum Gasteiger partial charge on any atom is 0.301 e. The van der Waals surface area contributed by atoms with Gasteiger partial charge in [0.1, 0.15) is 0 Å². The molecule has 106 valence electrons. The average Bonchev–Trinajstić information content (AvgIpc) is 2.38. The largest absolute Gasteiger partial charge is 0.330 e. The lowest BCUT2D eigenvalue weighted by atomic mass is 10.0. The van der Waals surface area contributed by atoms with Gasteiger partial charge in [0.15, 0.2) is 0 Å². The van der Waals surface area contributed by atoms with Crippen molar-refractivity contribution in [2.75, 3.05) is 24.4 Å². The van der Waals surface area contributed by atoms with E-state index in [4.69, 9.17) is 5.73 Å². The van der Waals surface area contributed by atoms with Gasteiger partial charge in [-0.25, -0.2) is 0 Å². The van der Waals surface area contributed by atoms with Crippen molar-refractivity contribution in [1.82, 2.24) is 4.31 Å². The van der Waals surface area contributed by atoms with Crippen LogP contribution in [0.4, 0.5) is 5.69 Å². The van der Waals surface area contributed by atoms with Crippen molar-refractivity contribution >= 4 is 15.9 Å². The molecule has 1 aromatic rings. The Kier molecular flexibility index (Phi) is 4.44. The van der Waals surface area contributed by atoms with Gasteiger partial charge in [-0.3, -0.25) is 4.72 Å². The lowest BCUT2D eigenvalue weighted by Crippen LogP contribution is -2.44. The molecule has 0 spiro atoms. The summed E-state index contributed by atoms with van der Waals surface area (Å²) < 4.78 is 28.7. The van der Waals surface area contributed by atoms with Gasteiger partial charge in [0.2, 0.25) is 0 Å². The van der Waals surface area contributed by atoms with Crippen molar-refractivity contribution in [2.24, 2.45) is 11.7 Å². The van der Waals surface area contributed by atoms with E-state index in [2.05, 4.69) is 4.72 Å².